The highest BCUT2D eigenvalue weighted by Crippen LogP contribution is 2.22. The Morgan fingerprint density at radius 1 is 1.19 bits per heavy atom. The van der Waals surface area contributed by atoms with Gasteiger partial charge in [-0.05, 0) is 31.3 Å². The van der Waals surface area contributed by atoms with Gasteiger partial charge in [-0.2, -0.15) is 0 Å². The number of benzene rings is 1. The number of allylic oxidation sites excluding steroid dienone is 1. The molecule has 1 aromatic rings. The number of carbonyl (C=O) groups is 1. The van der Waals surface area contributed by atoms with Crippen molar-refractivity contribution in [2.75, 3.05) is 0 Å². The van der Waals surface area contributed by atoms with Gasteiger partial charge in [0.25, 0.3) is 0 Å². The van der Waals surface area contributed by atoms with Crippen LogP contribution in [0, 0.1) is 0 Å². The maximum atomic E-state index is 12.0. The van der Waals surface area contributed by atoms with E-state index in [1.165, 1.54) is 0 Å². The van der Waals surface area contributed by atoms with Crippen molar-refractivity contribution in [3.63, 3.8) is 0 Å². The Bertz CT molecular complexity index is 392. The molecule has 2 nitrogen and oxygen atoms in total. The number of carbonyl (C=O) groups excluding carboxylic acids is 1. The summed E-state index contributed by atoms with van der Waals surface area (Å²) in [6.07, 6.45) is 5.13. The third kappa shape index (κ3) is 2.39. The quantitative estimate of drug-likeness (QED) is 0.623. The third-order valence-electron chi connectivity index (χ3n) is 2.98. The summed E-state index contributed by atoms with van der Waals surface area (Å²) in [4.78, 5) is 12.0. The largest absolute Gasteiger partial charge is 0.381 e. The zero-order chi connectivity index (χ0) is 11.4. The summed E-state index contributed by atoms with van der Waals surface area (Å²) in [6, 6.07) is 8.98. The summed E-state index contributed by atoms with van der Waals surface area (Å²) < 4.78 is 0. The second-order valence-corrected chi connectivity index (χ2v) is 4.16. The summed E-state index contributed by atoms with van der Waals surface area (Å²) in [7, 11) is 0. The predicted molar refractivity (Wildman–Crippen MR) is 63.3 cm³/mol. The van der Waals surface area contributed by atoms with E-state index in [1.807, 2.05) is 24.3 Å². The second-order valence-electron chi connectivity index (χ2n) is 4.16. The van der Waals surface area contributed by atoms with Gasteiger partial charge < -0.3 is 5.11 Å². The molecule has 0 saturated carbocycles. The van der Waals surface area contributed by atoms with Gasteiger partial charge in [0.1, 0.15) is 6.10 Å². The minimum atomic E-state index is -0.942. The molecule has 2 heteroatoms. The van der Waals surface area contributed by atoms with Crippen molar-refractivity contribution in [3.05, 3.63) is 47.5 Å². The number of hydrogen-bond acceptors (Lipinski definition) is 2. The van der Waals surface area contributed by atoms with Crippen molar-refractivity contribution in [2.45, 2.75) is 31.8 Å². The molecule has 2 rings (SSSR count). The van der Waals surface area contributed by atoms with E-state index in [0.717, 1.165) is 31.3 Å². The van der Waals surface area contributed by atoms with Crippen molar-refractivity contribution in [1.29, 1.82) is 0 Å². The first-order chi connectivity index (χ1) is 7.79. The minimum Gasteiger partial charge on any atom is -0.381 e. The van der Waals surface area contributed by atoms with Crippen LogP contribution in [0.15, 0.2) is 42.0 Å². The number of rotatable bonds is 3. The predicted octanol–water partition coefficient (Wildman–Crippen LogP) is 2.73. The van der Waals surface area contributed by atoms with Gasteiger partial charge in [0.2, 0.25) is 0 Å². The summed E-state index contributed by atoms with van der Waals surface area (Å²) >= 11 is 0. The van der Waals surface area contributed by atoms with Crippen LogP contribution in [0.5, 0.6) is 0 Å². The average Bonchev–Trinajstić information content (AvgIpc) is 2.39. The molecule has 1 aliphatic carbocycles. The number of hydrogen-bond donors (Lipinski definition) is 1. The first kappa shape index (κ1) is 11.1. The van der Waals surface area contributed by atoms with Gasteiger partial charge in [0.15, 0.2) is 5.78 Å². The molecule has 1 atom stereocenters. The Morgan fingerprint density at radius 2 is 1.94 bits per heavy atom. The normalized spacial score (nSPS) is 17.7. The molecule has 0 heterocycles. The zero-order valence-electron chi connectivity index (χ0n) is 9.23. The lowest BCUT2D eigenvalue weighted by atomic mass is 9.91. The van der Waals surface area contributed by atoms with E-state index in [4.69, 9.17) is 0 Å². The molecule has 0 bridgehead atoms. The highest BCUT2D eigenvalue weighted by molar-refractivity contribution is 6.01. The van der Waals surface area contributed by atoms with Gasteiger partial charge in [0.05, 0.1) is 0 Å². The first-order valence-corrected chi connectivity index (χ1v) is 5.75. The molecule has 0 spiro atoms. The first-order valence-electron chi connectivity index (χ1n) is 5.75. The van der Waals surface area contributed by atoms with Crippen LogP contribution in [0.4, 0.5) is 0 Å². The van der Waals surface area contributed by atoms with Crippen LogP contribution in [0.2, 0.25) is 0 Å². The average molecular weight is 216 g/mol. The lowest BCUT2D eigenvalue weighted by molar-refractivity contribution is 0.0798. The molecule has 0 radical (unpaired) electrons. The Hall–Kier alpha value is -1.41. The van der Waals surface area contributed by atoms with Crippen LogP contribution in [0.1, 0.15) is 36.0 Å². The van der Waals surface area contributed by atoms with E-state index in [2.05, 4.69) is 0 Å². The summed E-state index contributed by atoms with van der Waals surface area (Å²) in [5, 5.41) is 9.98. The Kier molecular flexibility index (Phi) is 3.52. The van der Waals surface area contributed by atoms with E-state index in [9.17, 15) is 9.90 Å². The fraction of sp³-hybridized carbons (Fsp3) is 0.357. The van der Waals surface area contributed by atoms with Crippen molar-refractivity contribution >= 4 is 5.78 Å². The molecule has 0 aromatic heterocycles. The van der Waals surface area contributed by atoms with Crippen molar-refractivity contribution in [2.24, 2.45) is 0 Å². The number of aliphatic hydroxyl groups excluding tert-OH is 1. The molecular weight excluding hydrogens is 200 g/mol. The van der Waals surface area contributed by atoms with Crippen LogP contribution in [-0.2, 0) is 0 Å². The van der Waals surface area contributed by atoms with Gasteiger partial charge in [-0.25, -0.2) is 0 Å². The molecule has 16 heavy (non-hydrogen) atoms. The summed E-state index contributed by atoms with van der Waals surface area (Å²) in [6.45, 7) is 0. The summed E-state index contributed by atoms with van der Waals surface area (Å²) in [5.41, 5.74) is 1.47. The smallest absolute Gasteiger partial charge is 0.195 e. The Balaban J connectivity index is 2.13. The molecule has 0 fully saturated rings. The van der Waals surface area contributed by atoms with Crippen LogP contribution in [0.3, 0.4) is 0 Å². The molecule has 0 saturated heterocycles. The van der Waals surface area contributed by atoms with Crippen LogP contribution < -0.4 is 0 Å². The number of Topliss-reactive ketones (excluding diaryl/α,β-unsaturated/α-hetero) is 1. The van der Waals surface area contributed by atoms with E-state index < -0.39 is 6.10 Å². The van der Waals surface area contributed by atoms with Crippen LogP contribution in [-0.4, -0.2) is 17.0 Å². The van der Waals surface area contributed by atoms with Gasteiger partial charge in [-0.1, -0.05) is 36.4 Å². The fourth-order valence-corrected chi connectivity index (χ4v) is 2.04. The fourth-order valence-electron chi connectivity index (χ4n) is 2.04. The molecule has 0 aliphatic heterocycles. The van der Waals surface area contributed by atoms with E-state index >= 15 is 0 Å². The highest BCUT2D eigenvalue weighted by Gasteiger charge is 2.21. The molecule has 0 amide bonds. The minimum absolute atomic E-state index is 0.186. The Morgan fingerprint density at radius 3 is 2.56 bits per heavy atom. The van der Waals surface area contributed by atoms with Crippen LogP contribution in [0.25, 0.3) is 0 Å². The van der Waals surface area contributed by atoms with Gasteiger partial charge in [0, 0.05) is 5.56 Å². The Labute approximate surface area is 95.6 Å². The number of aliphatic hydroxyl groups is 1. The van der Waals surface area contributed by atoms with Crippen molar-refractivity contribution in [1.82, 2.24) is 0 Å². The van der Waals surface area contributed by atoms with E-state index in [0.29, 0.717) is 5.56 Å². The monoisotopic (exact) mass is 216 g/mol. The van der Waals surface area contributed by atoms with E-state index in [1.54, 1.807) is 12.1 Å². The topological polar surface area (TPSA) is 37.3 Å². The molecular formula is C14H16O2. The molecule has 1 aliphatic rings. The molecule has 1 unspecified atom stereocenters. The van der Waals surface area contributed by atoms with Gasteiger partial charge in [-0.3, -0.25) is 4.79 Å². The lowest BCUT2D eigenvalue weighted by Crippen LogP contribution is -2.23. The molecule has 1 N–H and O–H groups in total. The summed E-state index contributed by atoms with van der Waals surface area (Å²) in [5.74, 6) is -0.186. The maximum Gasteiger partial charge on any atom is 0.195 e. The highest BCUT2D eigenvalue weighted by atomic mass is 16.3. The standard InChI is InChI=1S/C14H16O2/c15-13(11-7-3-1-4-8-11)14(16)12-9-5-2-6-10-12/h1,3-4,7-9,14,16H,2,5-6,10H2. The SMILES string of the molecule is O=C(c1ccccc1)C(O)C1=CCCCC1. The van der Waals surface area contributed by atoms with Crippen molar-refractivity contribution in [3.8, 4) is 0 Å². The van der Waals surface area contributed by atoms with E-state index in [-0.39, 0.29) is 5.78 Å². The van der Waals surface area contributed by atoms with Crippen molar-refractivity contribution < 1.29 is 9.90 Å². The zero-order valence-corrected chi connectivity index (χ0v) is 9.23. The lowest BCUT2D eigenvalue weighted by Gasteiger charge is -2.17. The van der Waals surface area contributed by atoms with Gasteiger partial charge in [-0.15, -0.1) is 0 Å². The molecule has 1 aromatic carbocycles. The third-order valence-corrected chi connectivity index (χ3v) is 2.98. The number of ketones is 1. The maximum absolute atomic E-state index is 12.0. The molecule has 84 valence electrons. The van der Waals surface area contributed by atoms with Gasteiger partial charge >= 0.3 is 0 Å². The second kappa shape index (κ2) is 5.08. The van der Waals surface area contributed by atoms with Crippen LogP contribution >= 0.6 is 0 Å².